The van der Waals surface area contributed by atoms with E-state index in [1.807, 2.05) is 70.9 Å². The SMILES string of the molecule is Brc1nccs1.O=Cc1ccc(-c2cncs2)cc1.O=Cc1ccc(-c2nccs2)cc1.O=Cc1ccc(B(O)O)cc1.O=Cc1ccc(Br)cc1.c1cscn1. The summed E-state index contributed by atoms with van der Waals surface area (Å²) in [6.45, 7) is 0. The molecule has 0 fully saturated rings. The predicted octanol–water partition coefficient (Wildman–Crippen LogP) is 9.73. The van der Waals surface area contributed by atoms with Gasteiger partial charge >= 0.3 is 7.12 Å². The Morgan fingerprint density at radius 2 is 1.04 bits per heavy atom. The van der Waals surface area contributed by atoms with Crippen LogP contribution in [0.5, 0.6) is 0 Å². The minimum absolute atomic E-state index is 0.385. The molecular formula is C40H31BBr2N4O6S4. The molecule has 17 heteroatoms. The van der Waals surface area contributed by atoms with E-state index in [-0.39, 0.29) is 0 Å². The van der Waals surface area contributed by atoms with E-state index in [2.05, 4.69) is 51.8 Å². The van der Waals surface area contributed by atoms with E-state index in [9.17, 15) is 19.2 Å². The zero-order chi connectivity index (χ0) is 41.1. The third-order valence-electron chi connectivity index (χ3n) is 6.62. The molecule has 4 aromatic heterocycles. The van der Waals surface area contributed by atoms with Crippen LogP contribution in [0.3, 0.4) is 0 Å². The molecule has 0 unspecified atom stereocenters. The van der Waals surface area contributed by atoms with Gasteiger partial charge in [0, 0.05) is 73.2 Å². The number of hydrogen-bond acceptors (Lipinski definition) is 14. The van der Waals surface area contributed by atoms with Gasteiger partial charge in [0.15, 0.2) is 3.92 Å². The Hall–Kier alpha value is -4.98. The lowest BCUT2D eigenvalue weighted by atomic mass is 9.80. The van der Waals surface area contributed by atoms with Crippen molar-refractivity contribution in [3.63, 3.8) is 0 Å². The van der Waals surface area contributed by atoms with Crippen LogP contribution in [0, 0.1) is 0 Å². The predicted molar refractivity (Wildman–Crippen MR) is 239 cm³/mol. The van der Waals surface area contributed by atoms with Crippen LogP contribution in [-0.2, 0) is 0 Å². The number of halogens is 2. The highest BCUT2D eigenvalue weighted by atomic mass is 79.9. The Bertz CT molecular complexity index is 2150. The van der Waals surface area contributed by atoms with Gasteiger partial charge in [0.25, 0.3) is 0 Å². The van der Waals surface area contributed by atoms with Crippen LogP contribution < -0.4 is 5.46 Å². The van der Waals surface area contributed by atoms with Gasteiger partial charge in [0.1, 0.15) is 30.2 Å². The number of aromatic nitrogens is 4. The van der Waals surface area contributed by atoms with E-state index in [0.29, 0.717) is 34.0 Å². The lowest BCUT2D eigenvalue weighted by Gasteiger charge is -1.97. The molecule has 10 nitrogen and oxygen atoms in total. The minimum Gasteiger partial charge on any atom is -0.423 e. The van der Waals surface area contributed by atoms with Gasteiger partial charge in [-0.25, -0.2) is 9.97 Å². The Balaban J connectivity index is 0.000000188. The normalized spacial score (nSPS) is 9.33. The Morgan fingerprint density at radius 3 is 1.39 bits per heavy atom. The highest BCUT2D eigenvalue weighted by Gasteiger charge is 2.09. The van der Waals surface area contributed by atoms with E-state index in [4.69, 9.17) is 10.0 Å². The number of thiazole rings is 4. The fraction of sp³-hybridized carbons (Fsp3) is 0. The first-order valence-electron chi connectivity index (χ1n) is 16.1. The van der Waals surface area contributed by atoms with Crippen LogP contribution >= 0.6 is 77.2 Å². The number of hydrogen-bond donors (Lipinski definition) is 2. The maximum atomic E-state index is 10.4. The van der Waals surface area contributed by atoms with E-state index < -0.39 is 7.12 Å². The molecule has 4 heterocycles. The van der Waals surface area contributed by atoms with E-state index >= 15 is 0 Å². The average Bonchev–Trinajstić information content (AvgIpc) is 4.13. The van der Waals surface area contributed by atoms with Crippen molar-refractivity contribution in [2.24, 2.45) is 0 Å². The van der Waals surface area contributed by atoms with Gasteiger partial charge in [-0.1, -0.05) is 101 Å². The Labute approximate surface area is 362 Å². The largest absolute Gasteiger partial charge is 0.488 e. The van der Waals surface area contributed by atoms with Crippen LogP contribution in [0.25, 0.3) is 21.0 Å². The van der Waals surface area contributed by atoms with Crippen molar-refractivity contribution < 1.29 is 29.2 Å². The molecule has 2 N–H and O–H groups in total. The molecule has 0 spiro atoms. The maximum absolute atomic E-state index is 10.4. The van der Waals surface area contributed by atoms with Gasteiger partial charge in [0.2, 0.25) is 0 Å². The van der Waals surface area contributed by atoms with E-state index in [0.717, 1.165) is 48.3 Å². The summed E-state index contributed by atoms with van der Waals surface area (Å²) in [7, 11) is -1.46. The van der Waals surface area contributed by atoms with Crippen LogP contribution in [-0.4, -0.2) is 62.2 Å². The van der Waals surface area contributed by atoms with Crippen molar-refractivity contribution in [1.29, 1.82) is 0 Å². The second-order valence-corrected chi connectivity index (χ2v) is 16.1. The molecule has 0 aliphatic heterocycles. The first kappa shape index (κ1) is 46.4. The summed E-state index contributed by atoms with van der Waals surface area (Å²) in [5.41, 5.74) is 8.76. The molecule has 4 aromatic carbocycles. The maximum Gasteiger partial charge on any atom is 0.488 e. The third kappa shape index (κ3) is 18.7. The lowest BCUT2D eigenvalue weighted by molar-refractivity contribution is 0.111. The van der Waals surface area contributed by atoms with Crippen LogP contribution in [0.4, 0.5) is 0 Å². The quantitative estimate of drug-likeness (QED) is 0.116. The summed E-state index contributed by atoms with van der Waals surface area (Å²) in [4.78, 5) is 57.9. The number of nitrogens with zero attached hydrogens (tertiary/aromatic N) is 4. The molecule has 0 saturated carbocycles. The summed E-state index contributed by atoms with van der Waals surface area (Å²) >= 11 is 12.8. The molecule has 0 aliphatic carbocycles. The van der Waals surface area contributed by atoms with Crippen molar-refractivity contribution in [3.05, 3.63) is 180 Å². The number of aldehydes is 4. The number of carbonyl (C=O) groups excluding carboxylic acids is 4. The summed E-state index contributed by atoms with van der Waals surface area (Å²) in [5, 5.41) is 24.1. The molecule has 8 rings (SSSR count). The van der Waals surface area contributed by atoms with Gasteiger partial charge < -0.3 is 10.0 Å². The van der Waals surface area contributed by atoms with Gasteiger partial charge in [-0.2, -0.15) is 0 Å². The van der Waals surface area contributed by atoms with Gasteiger partial charge in [-0.3, -0.25) is 29.1 Å². The van der Waals surface area contributed by atoms with E-state index in [1.54, 1.807) is 99.2 Å². The topological polar surface area (TPSA) is 160 Å². The van der Waals surface area contributed by atoms with Gasteiger partial charge in [-0.15, -0.1) is 45.3 Å². The average molecular weight is 963 g/mol. The molecule has 0 aliphatic rings. The second-order valence-electron chi connectivity index (χ2n) is 10.5. The zero-order valence-electron chi connectivity index (χ0n) is 29.5. The van der Waals surface area contributed by atoms with Gasteiger partial charge in [-0.05, 0) is 39.1 Å². The molecule has 0 saturated heterocycles. The molecule has 8 aromatic rings. The monoisotopic (exact) mass is 960 g/mol. The summed E-state index contributed by atoms with van der Waals surface area (Å²) in [6, 6.07) is 28.1. The highest BCUT2D eigenvalue weighted by Crippen LogP contribution is 2.23. The van der Waals surface area contributed by atoms with Crippen LogP contribution in [0.15, 0.2) is 157 Å². The Morgan fingerprint density at radius 1 is 0.526 bits per heavy atom. The molecule has 57 heavy (non-hydrogen) atoms. The lowest BCUT2D eigenvalue weighted by Crippen LogP contribution is -2.29. The van der Waals surface area contributed by atoms with Crippen LogP contribution in [0.1, 0.15) is 41.4 Å². The molecular weight excluding hydrogens is 931 g/mol. The summed E-state index contributed by atoms with van der Waals surface area (Å²) in [5.74, 6) is 0. The fourth-order valence-electron chi connectivity index (χ4n) is 3.82. The first-order chi connectivity index (χ1) is 27.8. The molecule has 0 amide bonds. The number of carbonyl (C=O) groups is 4. The standard InChI is InChI=1S/2C10H7NOS.C7H7BO3.C7H5BrO.C3H2BrNS.C3H3NS/c12-6-8-1-3-9(4-2-8)10-5-11-7-13-10;12-7-8-1-3-9(4-2-8)10-11-5-6-13-10;9-5-6-1-3-7(4-2-6)8(10)11;8-7-3-1-6(5-9)2-4-7;4-3-5-1-2-6-3;1-2-5-3-4-1/h2*1-7H;1-5,10-11H;1-5H;1-2H;1-3H. The number of benzene rings is 4. The van der Waals surface area contributed by atoms with Crippen LogP contribution in [0.2, 0.25) is 0 Å². The summed E-state index contributed by atoms with van der Waals surface area (Å²) < 4.78 is 1.94. The van der Waals surface area contributed by atoms with Crippen molar-refractivity contribution in [2.75, 3.05) is 0 Å². The molecule has 0 radical (unpaired) electrons. The van der Waals surface area contributed by atoms with Gasteiger partial charge in [0.05, 0.1) is 15.9 Å². The molecule has 0 bridgehead atoms. The van der Waals surface area contributed by atoms with Crippen molar-refractivity contribution in [2.45, 2.75) is 0 Å². The summed E-state index contributed by atoms with van der Waals surface area (Å²) in [6.07, 6.45) is 10.3. The zero-order valence-corrected chi connectivity index (χ0v) is 36.0. The fourth-order valence-corrected chi connectivity index (χ4v) is 6.51. The Kier molecular flexibility index (Phi) is 22.5. The molecule has 0 atom stereocenters. The van der Waals surface area contributed by atoms with Crippen molar-refractivity contribution in [1.82, 2.24) is 19.9 Å². The molecule has 288 valence electrons. The minimum atomic E-state index is -1.46. The van der Waals surface area contributed by atoms with Crippen molar-refractivity contribution in [3.8, 4) is 21.0 Å². The highest BCUT2D eigenvalue weighted by molar-refractivity contribution is 9.11. The first-order valence-corrected chi connectivity index (χ1v) is 21.3. The van der Waals surface area contributed by atoms with Crippen molar-refractivity contribution >= 4 is 115 Å². The number of rotatable bonds is 7. The van der Waals surface area contributed by atoms with E-state index in [1.165, 1.54) is 24.3 Å². The second kappa shape index (κ2) is 27.6. The smallest absolute Gasteiger partial charge is 0.423 e. The third-order valence-corrected chi connectivity index (χ3v) is 10.6.